The molecule has 2 N–H and O–H groups in total. The zero-order valence-corrected chi connectivity index (χ0v) is 17.1. The van der Waals surface area contributed by atoms with Crippen LogP contribution >= 0.6 is 0 Å². The molecule has 2 heterocycles. The first kappa shape index (κ1) is 20.3. The average molecular weight is 395 g/mol. The number of rotatable bonds is 5. The Kier molecular flexibility index (Phi) is 6.89. The molecule has 1 amide bonds. The van der Waals surface area contributed by atoms with E-state index in [2.05, 4.69) is 12.2 Å². The summed E-state index contributed by atoms with van der Waals surface area (Å²) in [6.45, 7) is 5.92. The van der Waals surface area contributed by atoms with E-state index < -0.39 is 10.0 Å². The third-order valence-corrected chi connectivity index (χ3v) is 7.65. The molecular weight excluding hydrogens is 362 g/mol. The van der Waals surface area contributed by atoms with Gasteiger partial charge in [0, 0.05) is 18.8 Å². The van der Waals surface area contributed by atoms with Crippen LogP contribution in [0.25, 0.3) is 0 Å². The van der Waals surface area contributed by atoms with Gasteiger partial charge in [-0.3, -0.25) is 4.79 Å². The number of carbonyl (C=O) groups is 1. The molecule has 27 heavy (non-hydrogen) atoms. The number of nitrogens with zero attached hydrogens (tertiary/aromatic N) is 1. The van der Waals surface area contributed by atoms with Crippen molar-refractivity contribution < 1.29 is 18.1 Å². The molecule has 0 spiro atoms. The van der Waals surface area contributed by atoms with E-state index in [1.54, 1.807) is 28.6 Å². The molecule has 0 aliphatic carbocycles. The molecule has 3 rings (SSSR count). The van der Waals surface area contributed by atoms with Gasteiger partial charge in [-0.25, -0.2) is 8.42 Å². The molecule has 0 bridgehead atoms. The zero-order valence-electron chi connectivity index (χ0n) is 16.2. The molecule has 2 aliphatic heterocycles. The maximum atomic E-state index is 12.8. The number of nitrogens with one attached hydrogen (secondary N) is 2. The Hall–Kier alpha value is -1.44. The Morgan fingerprint density at radius 2 is 1.67 bits per heavy atom. The maximum Gasteiger partial charge on any atom is 0.279 e. The Labute approximate surface area is 163 Å². The van der Waals surface area contributed by atoms with E-state index in [4.69, 9.17) is 0 Å². The van der Waals surface area contributed by atoms with E-state index in [1.165, 1.54) is 30.6 Å². The standard InChI is InChI=1S/C20H31N3O3S/c1-17-10-14-23(15-11-17)27(25,26)19-8-6-18(7-9-19)21-20(24)16-22-12-4-2-3-5-13-22/h6-9,17H,2-5,10-16H2,1H3,(H,21,24)/p+1. The Balaban J connectivity index is 1.57. The van der Waals surface area contributed by atoms with Crippen LogP contribution in [0.5, 0.6) is 0 Å². The molecule has 150 valence electrons. The normalized spacial score (nSPS) is 20.9. The lowest BCUT2D eigenvalue weighted by Gasteiger charge is -2.29. The third-order valence-electron chi connectivity index (χ3n) is 5.74. The highest BCUT2D eigenvalue weighted by atomic mass is 32.2. The van der Waals surface area contributed by atoms with Gasteiger partial charge in [0.25, 0.3) is 5.91 Å². The second-order valence-corrected chi connectivity index (χ2v) is 9.94. The summed E-state index contributed by atoms with van der Waals surface area (Å²) in [6, 6.07) is 6.58. The fourth-order valence-electron chi connectivity index (χ4n) is 3.92. The van der Waals surface area contributed by atoms with E-state index >= 15 is 0 Å². The number of anilines is 1. The second kappa shape index (κ2) is 9.17. The van der Waals surface area contributed by atoms with Gasteiger partial charge >= 0.3 is 0 Å². The highest BCUT2D eigenvalue weighted by Gasteiger charge is 2.28. The minimum Gasteiger partial charge on any atom is -0.327 e. The van der Waals surface area contributed by atoms with Gasteiger partial charge in [0.1, 0.15) is 0 Å². The van der Waals surface area contributed by atoms with Crippen molar-refractivity contribution in [2.24, 2.45) is 5.92 Å². The lowest BCUT2D eigenvalue weighted by molar-refractivity contribution is -0.890. The number of sulfonamides is 1. The van der Waals surface area contributed by atoms with Crippen molar-refractivity contribution in [3.8, 4) is 0 Å². The predicted octanol–water partition coefficient (Wildman–Crippen LogP) is 1.50. The Morgan fingerprint density at radius 1 is 1.07 bits per heavy atom. The molecule has 0 atom stereocenters. The minimum atomic E-state index is -3.44. The summed E-state index contributed by atoms with van der Waals surface area (Å²) in [5.74, 6) is 0.577. The molecule has 1 aromatic carbocycles. The largest absolute Gasteiger partial charge is 0.327 e. The summed E-state index contributed by atoms with van der Waals surface area (Å²) >= 11 is 0. The minimum absolute atomic E-state index is 0.00692. The van der Waals surface area contributed by atoms with Crippen molar-refractivity contribution in [3.63, 3.8) is 0 Å². The number of carbonyl (C=O) groups excluding carboxylic acids is 1. The molecule has 6 nitrogen and oxygen atoms in total. The summed E-state index contributed by atoms with van der Waals surface area (Å²) < 4.78 is 27.1. The average Bonchev–Trinajstić information content (AvgIpc) is 2.91. The van der Waals surface area contributed by atoms with Crippen LogP contribution in [0.3, 0.4) is 0 Å². The zero-order chi connectivity index (χ0) is 19.3. The van der Waals surface area contributed by atoms with Crippen LogP contribution in [0, 0.1) is 5.92 Å². The SMILES string of the molecule is CC1CCN(S(=O)(=O)c2ccc(NC(=O)C[NH+]3CCCCCC3)cc2)CC1. The summed E-state index contributed by atoms with van der Waals surface area (Å²) in [5.41, 5.74) is 0.653. The number of piperidine rings is 1. The van der Waals surface area contributed by atoms with Crippen LogP contribution in [0.2, 0.25) is 0 Å². The summed E-state index contributed by atoms with van der Waals surface area (Å²) in [6.07, 6.45) is 6.71. The Morgan fingerprint density at radius 3 is 2.26 bits per heavy atom. The van der Waals surface area contributed by atoms with Crippen molar-refractivity contribution in [2.75, 3.05) is 38.0 Å². The number of hydrogen-bond acceptors (Lipinski definition) is 3. The van der Waals surface area contributed by atoms with E-state index in [1.807, 2.05) is 0 Å². The van der Waals surface area contributed by atoms with Crippen molar-refractivity contribution in [2.45, 2.75) is 50.3 Å². The van der Waals surface area contributed by atoms with Crippen molar-refractivity contribution in [3.05, 3.63) is 24.3 Å². The predicted molar refractivity (Wildman–Crippen MR) is 106 cm³/mol. The van der Waals surface area contributed by atoms with Crippen LogP contribution in [0.15, 0.2) is 29.2 Å². The highest BCUT2D eigenvalue weighted by molar-refractivity contribution is 7.89. The van der Waals surface area contributed by atoms with Crippen LogP contribution in [-0.2, 0) is 14.8 Å². The van der Waals surface area contributed by atoms with Crippen molar-refractivity contribution in [1.82, 2.24) is 4.31 Å². The van der Waals surface area contributed by atoms with Crippen LogP contribution in [0.4, 0.5) is 5.69 Å². The lowest BCUT2D eigenvalue weighted by Crippen LogP contribution is -3.12. The van der Waals surface area contributed by atoms with Gasteiger partial charge in [0.15, 0.2) is 6.54 Å². The molecule has 0 radical (unpaired) electrons. The fourth-order valence-corrected chi connectivity index (χ4v) is 5.39. The molecule has 0 saturated carbocycles. The van der Waals surface area contributed by atoms with E-state index in [-0.39, 0.29) is 5.91 Å². The first-order valence-corrected chi connectivity index (χ1v) is 11.6. The first-order valence-electron chi connectivity index (χ1n) is 10.2. The molecule has 2 aliphatic rings. The smallest absolute Gasteiger partial charge is 0.279 e. The van der Waals surface area contributed by atoms with Crippen LogP contribution in [-0.4, -0.2) is 51.4 Å². The molecule has 2 saturated heterocycles. The lowest BCUT2D eigenvalue weighted by atomic mass is 10.0. The van der Waals surface area contributed by atoms with Gasteiger partial charge in [-0.1, -0.05) is 6.92 Å². The first-order chi connectivity index (χ1) is 12.9. The molecular formula is C20H32N3O3S+. The number of hydrogen-bond donors (Lipinski definition) is 2. The monoisotopic (exact) mass is 394 g/mol. The maximum absolute atomic E-state index is 12.8. The second-order valence-electron chi connectivity index (χ2n) is 8.00. The van der Waals surface area contributed by atoms with Gasteiger partial charge in [-0.15, -0.1) is 0 Å². The van der Waals surface area contributed by atoms with Crippen LogP contribution in [0.1, 0.15) is 45.4 Å². The van der Waals surface area contributed by atoms with E-state index in [9.17, 15) is 13.2 Å². The van der Waals surface area contributed by atoms with E-state index in [0.29, 0.717) is 36.1 Å². The van der Waals surface area contributed by atoms with Gasteiger partial charge in [-0.05, 0) is 68.7 Å². The molecule has 0 aromatic heterocycles. The molecule has 1 aromatic rings. The fraction of sp³-hybridized carbons (Fsp3) is 0.650. The summed E-state index contributed by atoms with van der Waals surface area (Å²) in [5, 5.41) is 2.91. The Bertz CT molecular complexity index is 717. The van der Waals surface area contributed by atoms with Crippen molar-refractivity contribution in [1.29, 1.82) is 0 Å². The quantitative estimate of drug-likeness (QED) is 0.795. The molecule has 7 heteroatoms. The van der Waals surface area contributed by atoms with Gasteiger partial charge in [0.05, 0.1) is 18.0 Å². The third kappa shape index (κ3) is 5.53. The van der Waals surface area contributed by atoms with Gasteiger partial charge in [0.2, 0.25) is 10.0 Å². The molecule has 2 fully saturated rings. The van der Waals surface area contributed by atoms with E-state index in [0.717, 1.165) is 25.9 Å². The van der Waals surface area contributed by atoms with Crippen molar-refractivity contribution >= 4 is 21.6 Å². The number of quaternary nitrogens is 1. The summed E-state index contributed by atoms with van der Waals surface area (Å²) in [4.78, 5) is 13.9. The topological polar surface area (TPSA) is 70.9 Å². The highest BCUT2D eigenvalue weighted by Crippen LogP contribution is 2.24. The van der Waals surface area contributed by atoms with Crippen LogP contribution < -0.4 is 10.2 Å². The summed E-state index contributed by atoms with van der Waals surface area (Å²) in [7, 11) is -3.44. The number of benzene rings is 1. The number of likely N-dealkylation sites (tertiary alicyclic amines) is 1. The van der Waals surface area contributed by atoms with Gasteiger partial charge < -0.3 is 10.2 Å². The molecule has 0 unspecified atom stereocenters. The van der Waals surface area contributed by atoms with Gasteiger partial charge in [-0.2, -0.15) is 4.31 Å². The number of amides is 1.